The smallest absolute Gasteiger partial charge is 0.190 e. The summed E-state index contributed by atoms with van der Waals surface area (Å²) in [6, 6.07) is 0. The Morgan fingerprint density at radius 1 is 0.812 bits per heavy atom. The predicted octanol–water partition coefficient (Wildman–Crippen LogP) is 0.984. The first-order valence-corrected chi connectivity index (χ1v) is 5.17. The number of nitrogens with zero attached hydrogens (tertiary/aromatic N) is 4. The van der Waals surface area contributed by atoms with Crippen LogP contribution in [-0.2, 0) is 0 Å². The van der Waals surface area contributed by atoms with Gasteiger partial charge in [-0.15, -0.1) is 10.2 Å². The third-order valence-corrected chi connectivity index (χ3v) is 1.32. The summed E-state index contributed by atoms with van der Waals surface area (Å²) in [5.41, 5.74) is 11.1. The van der Waals surface area contributed by atoms with Crippen LogP contribution in [0.15, 0.2) is 20.4 Å². The normalized spacial score (nSPS) is 14.9. The molecule has 0 radical (unpaired) electrons. The van der Waals surface area contributed by atoms with Crippen LogP contribution in [0.4, 0.5) is 0 Å². The molecule has 0 unspecified atom stereocenters. The van der Waals surface area contributed by atoms with Crippen molar-refractivity contribution in [2.24, 2.45) is 43.7 Å². The van der Waals surface area contributed by atoms with Crippen LogP contribution in [0.2, 0.25) is 0 Å². The Hall–Kier alpha value is -1.72. The van der Waals surface area contributed by atoms with Gasteiger partial charge in [-0.3, -0.25) is 0 Å². The van der Waals surface area contributed by atoms with Gasteiger partial charge in [-0.05, 0) is 11.8 Å². The van der Waals surface area contributed by atoms with E-state index in [4.69, 9.17) is 11.5 Å². The SMILES string of the molecule is CC(C)\C=N/N=C(N)/C(N)=N/N=C\C(C)C. The fourth-order valence-electron chi connectivity index (χ4n) is 0.560. The van der Waals surface area contributed by atoms with Crippen molar-refractivity contribution in [2.45, 2.75) is 27.7 Å². The molecule has 0 amide bonds. The minimum Gasteiger partial charge on any atom is -0.379 e. The largest absolute Gasteiger partial charge is 0.379 e. The molecule has 0 bridgehead atoms. The number of hydrogen-bond acceptors (Lipinski definition) is 4. The van der Waals surface area contributed by atoms with Crippen LogP contribution >= 0.6 is 0 Å². The van der Waals surface area contributed by atoms with E-state index >= 15 is 0 Å². The van der Waals surface area contributed by atoms with Crippen LogP contribution in [0.3, 0.4) is 0 Å². The molecule has 90 valence electrons. The molecule has 0 aliphatic carbocycles. The lowest BCUT2D eigenvalue weighted by Gasteiger charge is -1.95. The summed E-state index contributed by atoms with van der Waals surface area (Å²) in [5, 5.41) is 14.9. The molecule has 4 N–H and O–H groups in total. The molecule has 0 fully saturated rings. The Morgan fingerprint density at radius 3 is 1.38 bits per heavy atom. The van der Waals surface area contributed by atoms with Crippen molar-refractivity contribution in [2.75, 3.05) is 0 Å². The van der Waals surface area contributed by atoms with E-state index < -0.39 is 0 Å². The van der Waals surface area contributed by atoms with Gasteiger partial charge in [0.1, 0.15) is 0 Å². The van der Waals surface area contributed by atoms with Crippen LogP contribution in [0, 0.1) is 11.8 Å². The van der Waals surface area contributed by atoms with Crippen molar-refractivity contribution in [3.05, 3.63) is 0 Å². The summed E-state index contributed by atoms with van der Waals surface area (Å²) in [6.07, 6.45) is 3.33. The zero-order valence-electron chi connectivity index (χ0n) is 10.3. The van der Waals surface area contributed by atoms with E-state index in [1.807, 2.05) is 27.7 Å². The molecule has 0 aliphatic heterocycles. The molecule has 0 aromatic carbocycles. The monoisotopic (exact) mass is 224 g/mol. The maximum absolute atomic E-state index is 5.53. The predicted molar refractivity (Wildman–Crippen MR) is 69.9 cm³/mol. The van der Waals surface area contributed by atoms with Gasteiger partial charge in [0, 0.05) is 12.4 Å². The third-order valence-electron chi connectivity index (χ3n) is 1.32. The summed E-state index contributed by atoms with van der Waals surface area (Å²) in [4.78, 5) is 0. The first-order chi connectivity index (χ1) is 7.43. The summed E-state index contributed by atoms with van der Waals surface area (Å²) in [6.45, 7) is 7.94. The molecule has 6 heteroatoms. The highest BCUT2D eigenvalue weighted by Crippen LogP contribution is 1.87. The minimum absolute atomic E-state index is 0.0674. The molecule has 0 aromatic heterocycles. The van der Waals surface area contributed by atoms with E-state index in [1.165, 1.54) is 0 Å². The molecule has 0 saturated heterocycles. The maximum Gasteiger partial charge on any atom is 0.190 e. The van der Waals surface area contributed by atoms with Crippen molar-refractivity contribution in [1.29, 1.82) is 0 Å². The number of rotatable bonds is 4. The first-order valence-electron chi connectivity index (χ1n) is 5.17. The highest BCUT2D eigenvalue weighted by molar-refractivity contribution is 6.39. The lowest BCUT2D eigenvalue weighted by atomic mass is 10.3. The molecular formula is C10H20N6. The van der Waals surface area contributed by atoms with Gasteiger partial charge in [-0.1, -0.05) is 27.7 Å². The van der Waals surface area contributed by atoms with E-state index in [0.29, 0.717) is 11.8 Å². The fraction of sp³-hybridized carbons (Fsp3) is 0.600. The molecule has 0 spiro atoms. The number of nitrogens with two attached hydrogens (primary N) is 2. The Balaban J connectivity index is 4.42. The van der Waals surface area contributed by atoms with Gasteiger partial charge >= 0.3 is 0 Å². The number of hydrogen-bond donors (Lipinski definition) is 2. The van der Waals surface area contributed by atoms with Crippen LogP contribution < -0.4 is 11.5 Å². The van der Waals surface area contributed by atoms with Crippen LogP contribution in [-0.4, -0.2) is 24.1 Å². The average Bonchev–Trinajstić information content (AvgIpc) is 2.16. The lowest BCUT2D eigenvalue weighted by Crippen LogP contribution is -2.30. The second-order valence-corrected chi connectivity index (χ2v) is 3.99. The highest BCUT2D eigenvalue weighted by atomic mass is 15.3. The Kier molecular flexibility index (Phi) is 6.74. The quantitative estimate of drug-likeness (QED) is 0.422. The van der Waals surface area contributed by atoms with Gasteiger partial charge < -0.3 is 11.5 Å². The second kappa shape index (κ2) is 7.56. The van der Waals surface area contributed by atoms with Crippen molar-refractivity contribution in [3.8, 4) is 0 Å². The molecule has 0 rings (SSSR count). The zero-order chi connectivity index (χ0) is 12.6. The number of amidine groups is 2. The Labute approximate surface area is 96.2 Å². The average molecular weight is 224 g/mol. The molecule has 0 heterocycles. The van der Waals surface area contributed by atoms with Crippen molar-refractivity contribution in [3.63, 3.8) is 0 Å². The van der Waals surface area contributed by atoms with Crippen LogP contribution in [0.25, 0.3) is 0 Å². The first kappa shape index (κ1) is 14.3. The molecule has 0 aliphatic rings. The second-order valence-electron chi connectivity index (χ2n) is 3.99. The highest BCUT2D eigenvalue weighted by Gasteiger charge is 1.97. The topological polar surface area (TPSA) is 101 Å². The van der Waals surface area contributed by atoms with E-state index in [0.717, 1.165) is 0 Å². The molecule has 6 nitrogen and oxygen atoms in total. The van der Waals surface area contributed by atoms with Crippen molar-refractivity contribution < 1.29 is 0 Å². The molecule has 0 saturated carbocycles. The zero-order valence-corrected chi connectivity index (χ0v) is 10.3. The van der Waals surface area contributed by atoms with E-state index in [2.05, 4.69) is 20.4 Å². The summed E-state index contributed by atoms with van der Waals surface area (Å²) < 4.78 is 0. The van der Waals surface area contributed by atoms with Crippen LogP contribution in [0.5, 0.6) is 0 Å². The van der Waals surface area contributed by atoms with E-state index in [9.17, 15) is 0 Å². The van der Waals surface area contributed by atoms with Gasteiger partial charge in [0.25, 0.3) is 0 Å². The Morgan fingerprint density at radius 2 is 1.12 bits per heavy atom. The minimum atomic E-state index is 0.0674. The molecule has 0 atom stereocenters. The fourth-order valence-corrected chi connectivity index (χ4v) is 0.560. The van der Waals surface area contributed by atoms with Crippen molar-refractivity contribution >= 4 is 24.1 Å². The molecule has 16 heavy (non-hydrogen) atoms. The molecular weight excluding hydrogens is 204 g/mol. The van der Waals surface area contributed by atoms with Crippen molar-refractivity contribution in [1.82, 2.24) is 0 Å². The van der Waals surface area contributed by atoms with Gasteiger partial charge in [0.15, 0.2) is 11.7 Å². The molecule has 0 aromatic rings. The Bertz CT molecular complexity index is 279. The van der Waals surface area contributed by atoms with Gasteiger partial charge in [0.2, 0.25) is 0 Å². The van der Waals surface area contributed by atoms with E-state index in [-0.39, 0.29) is 11.7 Å². The lowest BCUT2D eigenvalue weighted by molar-refractivity contribution is 0.899. The van der Waals surface area contributed by atoms with E-state index in [1.54, 1.807) is 12.4 Å². The summed E-state index contributed by atoms with van der Waals surface area (Å²) >= 11 is 0. The maximum atomic E-state index is 5.53. The van der Waals surface area contributed by atoms with Gasteiger partial charge in [0.05, 0.1) is 0 Å². The summed E-state index contributed by atoms with van der Waals surface area (Å²) in [7, 11) is 0. The summed E-state index contributed by atoms with van der Waals surface area (Å²) in [5.74, 6) is 0.762. The van der Waals surface area contributed by atoms with Gasteiger partial charge in [-0.25, -0.2) is 0 Å². The third kappa shape index (κ3) is 7.66. The standard InChI is InChI=1S/C10H20N6/c1-7(2)5-13-15-9(11)10(12)16-14-6-8(3)4/h5-8H,1-4H3,(H2,11,15)(H2,12,16)/b13-5-,14-6-. The van der Waals surface area contributed by atoms with Crippen LogP contribution in [0.1, 0.15) is 27.7 Å². The van der Waals surface area contributed by atoms with Gasteiger partial charge in [-0.2, -0.15) is 10.2 Å².